The number of thioether (sulfide) groups is 1. The first kappa shape index (κ1) is 19.6. The van der Waals surface area contributed by atoms with Crippen LogP contribution < -0.4 is 14.4 Å². The summed E-state index contributed by atoms with van der Waals surface area (Å²) in [5.41, 5.74) is 1.88. The van der Waals surface area contributed by atoms with Crippen molar-refractivity contribution in [3.8, 4) is 11.5 Å². The van der Waals surface area contributed by atoms with Crippen molar-refractivity contribution < 1.29 is 14.3 Å². The molecule has 7 heteroatoms. The summed E-state index contributed by atoms with van der Waals surface area (Å²) in [6, 6.07) is 3.97. The lowest BCUT2D eigenvalue weighted by Crippen LogP contribution is -2.28. The minimum absolute atomic E-state index is 0.0145. The van der Waals surface area contributed by atoms with Crippen molar-refractivity contribution in [2.45, 2.75) is 26.7 Å². The highest BCUT2D eigenvalue weighted by molar-refractivity contribution is 8.18. The molecular formula is C20H27N3O3S. The maximum absolute atomic E-state index is 12.7. The van der Waals surface area contributed by atoms with Crippen molar-refractivity contribution in [3.63, 3.8) is 0 Å². The number of aliphatic imine (C=N–C) groups is 1. The SMILES string of the molecule is CCN=C1SC(=Cc2cc(OC)c(N3CCCC3)cc2OC)C(=O)N1CC. The molecule has 2 saturated heterocycles. The number of benzene rings is 1. The largest absolute Gasteiger partial charge is 0.496 e. The lowest BCUT2D eigenvalue weighted by atomic mass is 10.1. The van der Waals surface area contributed by atoms with Gasteiger partial charge in [-0.15, -0.1) is 0 Å². The number of hydrogen-bond acceptors (Lipinski definition) is 6. The molecule has 3 rings (SSSR count). The summed E-state index contributed by atoms with van der Waals surface area (Å²) in [6.07, 6.45) is 4.26. The number of hydrogen-bond donors (Lipinski definition) is 0. The van der Waals surface area contributed by atoms with Crippen molar-refractivity contribution in [1.82, 2.24) is 4.90 Å². The minimum atomic E-state index is -0.0145. The van der Waals surface area contributed by atoms with Gasteiger partial charge in [0.2, 0.25) is 0 Å². The average molecular weight is 390 g/mol. The molecule has 2 fully saturated rings. The molecule has 0 bridgehead atoms. The molecule has 0 saturated carbocycles. The van der Waals surface area contributed by atoms with E-state index in [1.807, 2.05) is 32.1 Å². The number of rotatable bonds is 6. The molecule has 2 heterocycles. The van der Waals surface area contributed by atoms with Gasteiger partial charge in [0, 0.05) is 37.8 Å². The summed E-state index contributed by atoms with van der Waals surface area (Å²) in [4.78, 5) is 21.9. The Labute approximate surface area is 165 Å². The molecule has 2 aliphatic heterocycles. The highest BCUT2D eigenvalue weighted by Gasteiger charge is 2.32. The highest BCUT2D eigenvalue weighted by atomic mass is 32.2. The fourth-order valence-corrected chi connectivity index (χ4v) is 4.50. The van der Waals surface area contributed by atoms with E-state index in [2.05, 4.69) is 9.89 Å². The molecule has 1 aromatic rings. The molecule has 0 aliphatic carbocycles. The van der Waals surface area contributed by atoms with Crippen LogP contribution in [0.25, 0.3) is 6.08 Å². The van der Waals surface area contributed by atoms with E-state index >= 15 is 0 Å². The zero-order chi connectivity index (χ0) is 19.4. The van der Waals surface area contributed by atoms with E-state index in [4.69, 9.17) is 9.47 Å². The molecule has 27 heavy (non-hydrogen) atoms. The Balaban J connectivity index is 2.00. The van der Waals surface area contributed by atoms with Crippen molar-refractivity contribution in [1.29, 1.82) is 0 Å². The molecule has 146 valence electrons. The van der Waals surface area contributed by atoms with Crippen LogP contribution in [-0.2, 0) is 4.79 Å². The van der Waals surface area contributed by atoms with E-state index in [0.29, 0.717) is 18.0 Å². The Hall–Kier alpha value is -2.15. The molecule has 0 radical (unpaired) electrons. The van der Waals surface area contributed by atoms with Crippen LogP contribution in [0.1, 0.15) is 32.3 Å². The summed E-state index contributed by atoms with van der Waals surface area (Å²) in [5.74, 6) is 1.52. The summed E-state index contributed by atoms with van der Waals surface area (Å²) in [6.45, 7) is 7.24. The number of amidine groups is 1. The molecule has 0 N–H and O–H groups in total. The van der Waals surface area contributed by atoms with E-state index in [1.165, 1.54) is 24.6 Å². The first-order chi connectivity index (χ1) is 13.1. The number of amides is 1. The number of carbonyl (C=O) groups is 1. The van der Waals surface area contributed by atoms with Crippen LogP contribution in [0.2, 0.25) is 0 Å². The second-order valence-corrected chi connectivity index (χ2v) is 7.39. The van der Waals surface area contributed by atoms with Crippen LogP contribution in [-0.4, -0.2) is 56.4 Å². The second-order valence-electron chi connectivity index (χ2n) is 6.38. The second kappa shape index (κ2) is 8.69. The van der Waals surface area contributed by atoms with Gasteiger partial charge in [0.1, 0.15) is 11.5 Å². The topological polar surface area (TPSA) is 54.4 Å². The predicted molar refractivity (Wildman–Crippen MR) is 112 cm³/mol. The van der Waals surface area contributed by atoms with Crippen LogP contribution in [0.3, 0.4) is 0 Å². The Bertz CT molecular complexity index is 770. The van der Waals surface area contributed by atoms with Gasteiger partial charge in [0.05, 0.1) is 24.8 Å². The number of methoxy groups -OCH3 is 2. The molecule has 1 amide bonds. The third kappa shape index (κ3) is 3.93. The van der Waals surface area contributed by atoms with Crippen LogP contribution in [0.15, 0.2) is 22.0 Å². The Morgan fingerprint density at radius 2 is 1.85 bits per heavy atom. The van der Waals surface area contributed by atoms with E-state index < -0.39 is 0 Å². The molecule has 0 unspecified atom stereocenters. The number of carbonyl (C=O) groups excluding carboxylic acids is 1. The van der Waals surface area contributed by atoms with Gasteiger partial charge in [-0.05, 0) is 50.6 Å². The van der Waals surface area contributed by atoms with Crippen molar-refractivity contribution >= 4 is 34.6 Å². The molecule has 0 spiro atoms. The van der Waals surface area contributed by atoms with Gasteiger partial charge in [-0.3, -0.25) is 14.7 Å². The zero-order valence-corrected chi connectivity index (χ0v) is 17.3. The number of nitrogens with zero attached hydrogens (tertiary/aromatic N) is 3. The molecule has 2 aliphatic rings. The van der Waals surface area contributed by atoms with Gasteiger partial charge in [0.15, 0.2) is 5.17 Å². The van der Waals surface area contributed by atoms with Gasteiger partial charge in [-0.2, -0.15) is 0 Å². The van der Waals surface area contributed by atoms with Gasteiger partial charge >= 0.3 is 0 Å². The standard InChI is InChI=1S/C20H27N3O3S/c1-5-21-20-23(6-2)19(24)18(27-20)12-14-11-17(26-4)15(13-16(14)25-3)22-9-7-8-10-22/h11-13H,5-10H2,1-4H3. The third-order valence-corrected chi connectivity index (χ3v) is 5.81. The molecule has 0 atom stereocenters. The normalized spacial score (nSPS) is 20.2. The monoisotopic (exact) mass is 389 g/mol. The van der Waals surface area contributed by atoms with Crippen molar-refractivity contribution in [2.24, 2.45) is 4.99 Å². The first-order valence-electron chi connectivity index (χ1n) is 9.39. The Morgan fingerprint density at radius 1 is 1.15 bits per heavy atom. The fraction of sp³-hybridized carbons (Fsp3) is 0.500. The maximum Gasteiger partial charge on any atom is 0.266 e. The van der Waals surface area contributed by atoms with Crippen molar-refractivity contribution in [2.75, 3.05) is 45.3 Å². The van der Waals surface area contributed by atoms with E-state index in [0.717, 1.165) is 41.0 Å². The zero-order valence-electron chi connectivity index (χ0n) is 16.4. The molecule has 1 aromatic carbocycles. The average Bonchev–Trinajstić information content (AvgIpc) is 3.30. The maximum atomic E-state index is 12.7. The van der Waals surface area contributed by atoms with Gasteiger partial charge < -0.3 is 14.4 Å². The van der Waals surface area contributed by atoms with Crippen LogP contribution in [0.4, 0.5) is 5.69 Å². The molecular weight excluding hydrogens is 362 g/mol. The van der Waals surface area contributed by atoms with Crippen LogP contribution in [0, 0.1) is 0 Å². The Kier molecular flexibility index (Phi) is 6.31. The smallest absolute Gasteiger partial charge is 0.266 e. The van der Waals surface area contributed by atoms with Crippen LogP contribution in [0.5, 0.6) is 11.5 Å². The van der Waals surface area contributed by atoms with Gasteiger partial charge in [0.25, 0.3) is 5.91 Å². The lowest BCUT2D eigenvalue weighted by molar-refractivity contribution is -0.122. The first-order valence-corrected chi connectivity index (χ1v) is 10.2. The molecule has 6 nitrogen and oxygen atoms in total. The minimum Gasteiger partial charge on any atom is -0.496 e. The summed E-state index contributed by atoms with van der Waals surface area (Å²) in [7, 11) is 3.34. The number of likely N-dealkylation sites (N-methyl/N-ethyl adjacent to an activating group) is 1. The predicted octanol–water partition coefficient (Wildman–Crippen LogP) is 3.62. The summed E-state index contributed by atoms with van der Waals surface area (Å²) < 4.78 is 11.3. The Morgan fingerprint density at radius 3 is 2.44 bits per heavy atom. The molecule has 0 aromatic heterocycles. The number of anilines is 1. The number of ether oxygens (including phenoxy) is 2. The summed E-state index contributed by atoms with van der Waals surface area (Å²) >= 11 is 1.41. The van der Waals surface area contributed by atoms with Gasteiger partial charge in [-0.25, -0.2) is 0 Å². The summed E-state index contributed by atoms with van der Waals surface area (Å²) in [5, 5.41) is 0.760. The quantitative estimate of drug-likeness (QED) is 0.696. The van der Waals surface area contributed by atoms with E-state index in [1.54, 1.807) is 19.1 Å². The fourth-order valence-electron chi connectivity index (χ4n) is 3.40. The van der Waals surface area contributed by atoms with Gasteiger partial charge in [-0.1, -0.05) is 0 Å². The lowest BCUT2D eigenvalue weighted by Gasteiger charge is -2.22. The van der Waals surface area contributed by atoms with E-state index in [9.17, 15) is 4.79 Å². The third-order valence-electron chi connectivity index (χ3n) is 4.76. The van der Waals surface area contributed by atoms with E-state index in [-0.39, 0.29) is 5.91 Å². The highest BCUT2D eigenvalue weighted by Crippen LogP contribution is 2.40. The van der Waals surface area contributed by atoms with Crippen LogP contribution >= 0.6 is 11.8 Å². The van der Waals surface area contributed by atoms with Crippen molar-refractivity contribution in [3.05, 3.63) is 22.6 Å².